The van der Waals surface area contributed by atoms with Gasteiger partial charge in [-0.2, -0.15) is 5.10 Å². The molecule has 2 bridgehead atoms. The minimum atomic E-state index is 0.688. The lowest BCUT2D eigenvalue weighted by Gasteiger charge is -2.29. The van der Waals surface area contributed by atoms with Crippen LogP contribution in [0.15, 0.2) is 67.3 Å². The fraction of sp³-hybridized carbons (Fsp3) is 0.357. The van der Waals surface area contributed by atoms with Crippen molar-refractivity contribution in [3.63, 3.8) is 0 Å². The van der Waals surface area contributed by atoms with Gasteiger partial charge in [-0.25, -0.2) is 9.97 Å². The number of fused-ring (bicyclic) bond motifs is 2. The van der Waals surface area contributed by atoms with Crippen molar-refractivity contribution in [2.45, 2.75) is 63.6 Å². The Morgan fingerprint density at radius 2 is 1.82 bits per heavy atom. The number of hydrogen-bond acceptors (Lipinski definition) is 5. The van der Waals surface area contributed by atoms with E-state index in [2.05, 4.69) is 52.7 Å². The summed E-state index contributed by atoms with van der Waals surface area (Å²) in [6.45, 7) is 2.89. The van der Waals surface area contributed by atoms with E-state index in [1.54, 1.807) is 6.20 Å². The number of pyridine rings is 1. The van der Waals surface area contributed by atoms with Crippen LogP contribution in [0.4, 0.5) is 0 Å². The van der Waals surface area contributed by atoms with Gasteiger partial charge in [-0.15, -0.1) is 0 Å². The second-order valence-electron chi connectivity index (χ2n) is 9.57. The third kappa shape index (κ3) is 4.26. The van der Waals surface area contributed by atoms with E-state index in [0.29, 0.717) is 18.0 Å². The Morgan fingerprint density at radius 1 is 1.00 bits per heavy atom. The molecule has 2 unspecified atom stereocenters. The summed E-state index contributed by atoms with van der Waals surface area (Å²) < 4.78 is 1.95. The fourth-order valence-corrected chi connectivity index (χ4v) is 5.54. The molecular formula is C28H30N6. The molecule has 172 valence electrons. The van der Waals surface area contributed by atoms with Crippen LogP contribution in [0.3, 0.4) is 0 Å². The predicted molar refractivity (Wildman–Crippen MR) is 133 cm³/mol. The van der Waals surface area contributed by atoms with E-state index in [0.717, 1.165) is 41.3 Å². The van der Waals surface area contributed by atoms with Crippen molar-refractivity contribution in [1.29, 1.82) is 0 Å². The van der Waals surface area contributed by atoms with E-state index in [1.807, 2.05) is 35.3 Å². The molecule has 1 N–H and O–H groups in total. The summed E-state index contributed by atoms with van der Waals surface area (Å²) in [6, 6.07) is 16.5. The highest BCUT2D eigenvalue weighted by Gasteiger charge is 2.33. The number of rotatable bonds is 6. The maximum absolute atomic E-state index is 4.92. The van der Waals surface area contributed by atoms with Gasteiger partial charge in [-0.3, -0.25) is 9.67 Å². The highest BCUT2D eigenvalue weighted by atomic mass is 15.3. The normalized spacial score (nSPS) is 21.6. The number of aryl methyl sites for hydroxylation is 1. The van der Waals surface area contributed by atoms with Crippen LogP contribution in [-0.4, -0.2) is 36.8 Å². The first kappa shape index (κ1) is 21.2. The number of benzene rings is 1. The first-order chi connectivity index (χ1) is 16.7. The van der Waals surface area contributed by atoms with Gasteiger partial charge in [-0.05, 0) is 67.9 Å². The molecule has 6 heteroatoms. The molecule has 1 aromatic carbocycles. The Kier molecular flexibility index (Phi) is 5.67. The first-order valence-corrected chi connectivity index (χ1v) is 12.4. The van der Waals surface area contributed by atoms with E-state index in [9.17, 15) is 0 Å². The van der Waals surface area contributed by atoms with E-state index < -0.39 is 0 Å². The summed E-state index contributed by atoms with van der Waals surface area (Å²) in [7, 11) is 0. The van der Waals surface area contributed by atoms with E-state index in [1.165, 1.54) is 36.8 Å². The van der Waals surface area contributed by atoms with Crippen LogP contribution in [-0.2, 0) is 13.0 Å². The van der Waals surface area contributed by atoms with Gasteiger partial charge >= 0.3 is 0 Å². The zero-order valence-corrected chi connectivity index (χ0v) is 19.6. The second kappa shape index (κ2) is 9.11. The lowest BCUT2D eigenvalue weighted by molar-refractivity contribution is 0.363. The van der Waals surface area contributed by atoms with Gasteiger partial charge in [0.15, 0.2) is 0 Å². The van der Waals surface area contributed by atoms with Crippen molar-refractivity contribution in [1.82, 2.24) is 30.0 Å². The number of hydrogen-bond donors (Lipinski definition) is 1. The molecule has 0 amide bonds. The molecule has 6 nitrogen and oxygen atoms in total. The average Bonchev–Trinajstić information content (AvgIpc) is 3.48. The van der Waals surface area contributed by atoms with Crippen molar-refractivity contribution in [3.8, 4) is 22.5 Å². The molecule has 4 aromatic rings. The lowest BCUT2D eigenvalue weighted by atomic mass is 9.86. The maximum atomic E-state index is 4.92. The van der Waals surface area contributed by atoms with Crippen molar-refractivity contribution < 1.29 is 0 Å². The van der Waals surface area contributed by atoms with E-state index in [4.69, 9.17) is 10.1 Å². The molecule has 2 saturated heterocycles. The molecule has 34 heavy (non-hydrogen) atoms. The Labute approximate surface area is 200 Å². The fourth-order valence-electron chi connectivity index (χ4n) is 5.54. The van der Waals surface area contributed by atoms with Gasteiger partial charge in [0.2, 0.25) is 0 Å². The quantitative estimate of drug-likeness (QED) is 0.447. The summed E-state index contributed by atoms with van der Waals surface area (Å²) in [6.07, 6.45) is 13.5. The first-order valence-electron chi connectivity index (χ1n) is 12.4. The summed E-state index contributed by atoms with van der Waals surface area (Å²) in [5.41, 5.74) is 6.52. The topological polar surface area (TPSA) is 68.5 Å². The SMILES string of the molecule is CCn1cc(-c2ccnc(Cc3ccc(C4CC5CCC(C4)N5)cc3)n2)c(-c2cccnc2)n1. The van der Waals surface area contributed by atoms with E-state index >= 15 is 0 Å². The van der Waals surface area contributed by atoms with Crippen LogP contribution in [0.1, 0.15) is 55.5 Å². The number of aromatic nitrogens is 5. The smallest absolute Gasteiger partial charge is 0.133 e. The molecular weight excluding hydrogens is 420 g/mol. The maximum Gasteiger partial charge on any atom is 0.133 e. The van der Waals surface area contributed by atoms with Crippen LogP contribution < -0.4 is 5.32 Å². The van der Waals surface area contributed by atoms with Crippen molar-refractivity contribution >= 4 is 0 Å². The molecule has 3 aromatic heterocycles. The van der Waals surface area contributed by atoms with Crippen molar-refractivity contribution in [3.05, 3.63) is 84.2 Å². The highest BCUT2D eigenvalue weighted by molar-refractivity contribution is 5.78. The molecule has 6 rings (SSSR count). The van der Waals surface area contributed by atoms with Gasteiger partial charge in [0.1, 0.15) is 11.5 Å². The zero-order valence-electron chi connectivity index (χ0n) is 19.6. The van der Waals surface area contributed by atoms with Gasteiger partial charge in [0, 0.05) is 61.0 Å². The molecule has 0 spiro atoms. The monoisotopic (exact) mass is 450 g/mol. The Balaban J connectivity index is 1.23. The number of nitrogens with zero attached hydrogens (tertiary/aromatic N) is 5. The molecule has 2 atom stereocenters. The summed E-state index contributed by atoms with van der Waals surface area (Å²) in [5, 5.41) is 8.52. The molecule has 2 fully saturated rings. The van der Waals surface area contributed by atoms with Gasteiger partial charge < -0.3 is 5.32 Å². The largest absolute Gasteiger partial charge is 0.311 e. The zero-order chi connectivity index (χ0) is 22.9. The standard InChI is InChI=1S/C28H30N6/c1-2-34-18-25(28(33-34)21-4-3-12-29-17-21)26-11-13-30-27(32-26)14-19-5-7-20(8-6-19)22-15-23-9-10-24(16-22)31-23/h3-8,11-13,17-18,22-24,31H,2,9-10,14-16H2,1H3. The van der Waals surface area contributed by atoms with Crippen LogP contribution in [0.2, 0.25) is 0 Å². The lowest BCUT2D eigenvalue weighted by Crippen LogP contribution is -2.37. The third-order valence-corrected chi connectivity index (χ3v) is 7.29. The third-order valence-electron chi connectivity index (χ3n) is 7.29. The van der Waals surface area contributed by atoms with E-state index in [-0.39, 0.29) is 0 Å². The van der Waals surface area contributed by atoms with Crippen LogP contribution >= 0.6 is 0 Å². The summed E-state index contributed by atoms with van der Waals surface area (Å²) >= 11 is 0. The Bertz CT molecular complexity index is 1250. The Morgan fingerprint density at radius 3 is 2.56 bits per heavy atom. The number of nitrogens with one attached hydrogen (secondary N) is 1. The van der Waals surface area contributed by atoms with Crippen LogP contribution in [0.5, 0.6) is 0 Å². The molecule has 0 saturated carbocycles. The second-order valence-corrected chi connectivity index (χ2v) is 9.57. The van der Waals surface area contributed by atoms with Gasteiger partial charge in [0.05, 0.1) is 5.69 Å². The molecule has 0 radical (unpaired) electrons. The predicted octanol–water partition coefficient (Wildman–Crippen LogP) is 5.01. The van der Waals surface area contributed by atoms with Crippen LogP contribution in [0, 0.1) is 0 Å². The van der Waals surface area contributed by atoms with Crippen LogP contribution in [0.25, 0.3) is 22.5 Å². The minimum Gasteiger partial charge on any atom is -0.311 e. The average molecular weight is 451 g/mol. The molecule has 2 aliphatic heterocycles. The molecule has 5 heterocycles. The van der Waals surface area contributed by atoms with Gasteiger partial charge in [0.25, 0.3) is 0 Å². The summed E-state index contributed by atoms with van der Waals surface area (Å²) in [5.74, 6) is 1.51. The Hall–Kier alpha value is -3.38. The van der Waals surface area contributed by atoms with Crippen molar-refractivity contribution in [2.75, 3.05) is 0 Å². The highest BCUT2D eigenvalue weighted by Crippen LogP contribution is 2.37. The van der Waals surface area contributed by atoms with Crippen molar-refractivity contribution in [2.24, 2.45) is 0 Å². The van der Waals surface area contributed by atoms with Gasteiger partial charge in [-0.1, -0.05) is 24.3 Å². The molecule has 2 aliphatic rings. The minimum absolute atomic E-state index is 0.688. The summed E-state index contributed by atoms with van der Waals surface area (Å²) in [4.78, 5) is 13.8. The molecule has 0 aliphatic carbocycles. The number of piperidine rings is 1.